The highest BCUT2D eigenvalue weighted by molar-refractivity contribution is 5.75. The van der Waals surface area contributed by atoms with Gasteiger partial charge in [0.25, 0.3) is 0 Å². The number of rotatable bonds is 8. The molecule has 0 aromatic heterocycles. The van der Waals surface area contributed by atoms with Crippen molar-refractivity contribution in [1.29, 1.82) is 0 Å². The van der Waals surface area contributed by atoms with E-state index in [1.54, 1.807) is 0 Å². The minimum absolute atomic E-state index is 0.0989. The van der Waals surface area contributed by atoms with E-state index < -0.39 is 0 Å². The van der Waals surface area contributed by atoms with Gasteiger partial charge in [-0.15, -0.1) is 0 Å². The van der Waals surface area contributed by atoms with E-state index in [0.29, 0.717) is 6.54 Å². The number of esters is 1. The lowest BCUT2D eigenvalue weighted by Gasteiger charge is -2.25. The average Bonchev–Trinajstić information content (AvgIpc) is 2.28. The van der Waals surface area contributed by atoms with Crippen LogP contribution in [-0.2, 0) is 9.53 Å². The van der Waals surface area contributed by atoms with Crippen LogP contribution in [0, 0.1) is 5.41 Å². The van der Waals surface area contributed by atoms with E-state index >= 15 is 0 Å². The van der Waals surface area contributed by atoms with Crippen LogP contribution in [0.5, 0.6) is 0 Å². The number of methoxy groups -OCH3 is 1. The zero-order valence-corrected chi connectivity index (χ0v) is 10.9. The summed E-state index contributed by atoms with van der Waals surface area (Å²) in [6.45, 7) is 6.70. The van der Waals surface area contributed by atoms with Crippen LogP contribution in [-0.4, -0.2) is 37.4 Å². The SMILES string of the molecule is CCCCC(NCC(C)(C)CO)C(=O)OC. The standard InChI is InChI=1S/C12H25NO3/c1-5-6-7-10(11(15)16-4)13-8-12(2,3)9-14/h10,13-14H,5-9H2,1-4H3. The summed E-state index contributed by atoms with van der Waals surface area (Å²) >= 11 is 0. The molecule has 0 aromatic rings. The molecule has 2 N–H and O–H groups in total. The lowest BCUT2D eigenvalue weighted by Crippen LogP contribution is -2.43. The molecule has 1 unspecified atom stereocenters. The zero-order chi connectivity index (χ0) is 12.6. The number of ether oxygens (including phenoxy) is 1. The number of hydrogen-bond acceptors (Lipinski definition) is 4. The smallest absolute Gasteiger partial charge is 0.322 e. The van der Waals surface area contributed by atoms with Crippen molar-refractivity contribution < 1.29 is 14.6 Å². The first-order valence-corrected chi connectivity index (χ1v) is 5.89. The van der Waals surface area contributed by atoms with Crippen molar-refractivity contribution >= 4 is 5.97 Å². The molecule has 0 saturated carbocycles. The summed E-state index contributed by atoms with van der Waals surface area (Å²) in [6.07, 6.45) is 2.83. The Morgan fingerprint density at radius 2 is 2.12 bits per heavy atom. The number of aliphatic hydroxyl groups excluding tert-OH is 1. The maximum Gasteiger partial charge on any atom is 0.322 e. The van der Waals surface area contributed by atoms with Crippen molar-refractivity contribution in [1.82, 2.24) is 5.32 Å². The molecule has 4 nitrogen and oxygen atoms in total. The van der Waals surface area contributed by atoms with Crippen molar-refractivity contribution in [3.8, 4) is 0 Å². The molecule has 0 radical (unpaired) electrons. The van der Waals surface area contributed by atoms with Crippen LogP contribution in [0.4, 0.5) is 0 Å². The van der Waals surface area contributed by atoms with Gasteiger partial charge in [0, 0.05) is 18.6 Å². The molecule has 0 bridgehead atoms. The number of nitrogens with one attached hydrogen (secondary N) is 1. The first-order chi connectivity index (χ1) is 7.46. The minimum Gasteiger partial charge on any atom is -0.468 e. The van der Waals surface area contributed by atoms with Gasteiger partial charge in [0.15, 0.2) is 0 Å². The molecule has 1 atom stereocenters. The lowest BCUT2D eigenvalue weighted by atomic mass is 9.94. The maximum absolute atomic E-state index is 11.5. The number of unbranched alkanes of at least 4 members (excludes halogenated alkanes) is 1. The molecule has 0 aliphatic carbocycles. The van der Waals surface area contributed by atoms with Crippen LogP contribution < -0.4 is 5.32 Å². The normalized spacial score (nSPS) is 13.6. The van der Waals surface area contributed by atoms with Gasteiger partial charge >= 0.3 is 5.97 Å². The molecule has 4 heteroatoms. The molecule has 0 aliphatic rings. The summed E-state index contributed by atoms with van der Waals surface area (Å²) in [5.41, 5.74) is -0.210. The van der Waals surface area contributed by atoms with Crippen molar-refractivity contribution in [3.63, 3.8) is 0 Å². The maximum atomic E-state index is 11.5. The Balaban J connectivity index is 4.15. The van der Waals surface area contributed by atoms with Crippen LogP contribution in [0.3, 0.4) is 0 Å². The fourth-order valence-electron chi connectivity index (χ4n) is 1.31. The Morgan fingerprint density at radius 1 is 1.50 bits per heavy atom. The van der Waals surface area contributed by atoms with Crippen LogP contribution in [0.15, 0.2) is 0 Å². The van der Waals surface area contributed by atoms with Crippen molar-refractivity contribution in [2.45, 2.75) is 46.1 Å². The highest BCUT2D eigenvalue weighted by Gasteiger charge is 2.22. The second kappa shape index (κ2) is 7.63. The summed E-state index contributed by atoms with van der Waals surface area (Å²) in [5.74, 6) is -0.220. The number of carbonyl (C=O) groups is 1. The summed E-state index contributed by atoms with van der Waals surface area (Å²) in [5, 5.41) is 12.3. The predicted octanol–water partition coefficient (Wildman–Crippen LogP) is 1.33. The summed E-state index contributed by atoms with van der Waals surface area (Å²) in [6, 6.07) is -0.254. The van der Waals surface area contributed by atoms with E-state index in [0.717, 1.165) is 19.3 Å². The number of hydrogen-bond donors (Lipinski definition) is 2. The molecule has 0 heterocycles. The van der Waals surface area contributed by atoms with E-state index in [-0.39, 0.29) is 24.0 Å². The summed E-state index contributed by atoms with van der Waals surface area (Å²) < 4.78 is 4.74. The Hall–Kier alpha value is -0.610. The average molecular weight is 231 g/mol. The quantitative estimate of drug-likeness (QED) is 0.619. The largest absolute Gasteiger partial charge is 0.468 e. The second-order valence-electron chi connectivity index (χ2n) is 4.92. The molecule has 0 rings (SSSR count). The van der Waals surface area contributed by atoms with Crippen LogP contribution >= 0.6 is 0 Å². The Morgan fingerprint density at radius 3 is 2.56 bits per heavy atom. The number of carbonyl (C=O) groups excluding carboxylic acids is 1. The van der Waals surface area contributed by atoms with E-state index in [2.05, 4.69) is 12.2 Å². The van der Waals surface area contributed by atoms with Gasteiger partial charge in [0.1, 0.15) is 6.04 Å². The topological polar surface area (TPSA) is 58.6 Å². The van der Waals surface area contributed by atoms with E-state index in [1.165, 1.54) is 7.11 Å². The van der Waals surface area contributed by atoms with Crippen molar-refractivity contribution in [3.05, 3.63) is 0 Å². The Bertz CT molecular complexity index is 204. The van der Waals surface area contributed by atoms with Gasteiger partial charge in [-0.25, -0.2) is 0 Å². The van der Waals surface area contributed by atoms with Gasteiger partial charge in [-0.1, -0.05) is 33.6 Å². The fraction of sp³-hybridized carbons (Fsp3) is 0.917. The highest BCUT2D eigenvalue weighted by Crippen LogP contribution is 2.13. The third-order valence-corrected chi connectivity index (χ3v) is 2.59. The zero-order valence-electron chi connectivity index (χ0n) is 10.9. The lowest BCUT2D eigenvalue weighted by molar-refractivity contribution is -0.143. The first kappa shape index (κ1) is 15.4. The molecule has 0 aliphatic heterocycles. The molecular weight excluding hydrogens is 206 g/mol. The Kier molecular flexibility index (Phi) is 7.34. The Labute approximate surface area is 98.4 Å². The predicted molar refractivity (Wildman–Crippen MR) is 64.2 cm³/mol. The molecule has 0 saturated heterocycles. The van der Waals surface area contributed by atoms with Gasteiger partial charge in [-0.2, -0.15) is 0 Å². The van der Waals surface area contributed by atoms with E-state index in [4.69, 9.17) is 9.84 Å². The van der Waals surface area contributed by atoms with Gasteiger partial charge in [-0.3, -0.25) is 4.79 Å². The molecule has 0 aromatic carbocycles. The van der Waals surface area contributed by atoms with Crippen LogP contribution in [0.25, 0.3) is 0 Å². The third kappa shape index (κ3) is 6.08. The van der Waals surface area contributed by atoms with Crippen LogP contribution in [0.2, 0.25) is 0 Å². The first-order valence-electron chi connectivity index (χ1n) is 5.89. The minimum atomic E-state index is -0.254. The number of aliphatic hydroxyl groups is 1. The molecule has 16 heavy (non-hydrogen) atoms. The second-order valence-corrected chi connectivity index (χ2v) is 4.92. The fourth-order valence-corrected chi connectivity index (χ4v) is 1.31. The monoisotopic (exact) mass is 231 g/mol. The van der Waals surface area contributed by atoms with Gasteiger partial charge in [0.2, 0.25) is 0 Å². The van der Waals surface area contributed by atoms with E-state index in [1.807, 2.05) is 13.8 Å². The van der Waals surface area contributed by atoms with Crippen molar-refractivity contribution in [2.75, 3.05) is 20.3 Å². The molecule has 0 fully saturated rings. The molecule has 96 valence electrons. The molecular formula is C12H25NO3. The molecule has 0 spiro atoms. The summed E-state index contributed by atoms with van der Waals surface area (Å²) in [7, 11) is 1.40. The molecule has 0 amide bonds. The third-order valence-electron chi connectivity index (χ3n) is 2.59. The van der Waals surface area contributed by atoms with E-state index in [9.17, 15) is 4.79 Å². The van der Waals surface area contributed by atoms with Gasteiger partial charge in [0.05, 0.1) is 7.11 Å². The van der Waals surface area contributed by atoms with Crippen molar-refractivity contribution in [2.24, 2.45) is 5.41 Å². The van der Waals surface area contributed by atoms with Crippen LogP contribution in [0.1, 0.15) is 40.0 Å². The summed E-state index contributed by atoms with van der Waals surface area (Å²) in [4.78, 5) is 11.5. The van der Waals surface area contributed by atoms with Gasteiger partial charge < -0.3 is 15.2 Å². The highest BCUT2D eigenvalue weighted by atomic mass is 16.5. The van der Waals surface area contributed by atoms with Gasteiger partial charge in [-0.05, 0) is 6.42 Å².